The van der Waals surface area contributed by atoms with Crippen LogP contribution in [-0.4, -0.2) is 20.8 Å². The first-order valence-corrected chi connectivity index (χ1v) is 6.82. The molecule has 0 bridgehead atoms. The number of aryl methyl sites for hydroxylation is 1. The van der Waals surface area contributed by atoms with E-state index in [0.29, 0.717) is 6.04 Å². The van der Waals surface area contributed by atoms with Gasteiger partial charge < -0.3 is 9.88 Å². The molecule has 1 fully saturated rings. The Bertz CT molecular complexity index is 337. The quantitative estimate of drug-likeness (QED) is 0.871. The molecule has 0 amide bonds. The second kappa shape index (κ2) is 5.63. The molecule has 2 rings (SSSR count). The lowest BCUT2D eigenvalue weighted by Gasteiger charge is -2.35. The summed E-state index contributed by atoms with van der Waals surface area (Å²) in [7, 11) is 0. The van der Waals surface area contributed by atoms with E-state index in [1.807, 2.05) is 6.33 Å². The molecular formula is C13H24N4. The van der Waals surface area contributed by atoms with Gasteiger partial charge in [0, 0.05) is 12.6 Å². The first-order chi connectivity index (χ1) is 8.22. The van der Waals surface area contributed by atoms with Crippen molar-refractivity contribution in [2.24, 2.45) is 11.8 Å². The lowest BCUT2D eigenvalue weighted by atomic mass is 9.79. The predicted molar refractivity (Wildman–Crippen MR) is 68.5 cm³/mol. The van der Waals surface area contributed by atoms with Gasteiger partial charge in [0.1, 0.15) is 12.2 Å². The highest BCUT2D eigenvalue weighted by molar-refractivity contribution is 4.89. The molecule has 17 heavy (non-hydrogen) atoms. The molecule has 1 heterocycles. The molecule has 0 saturated heterocycles. The van der Waals surface area contributed by atoms with E-state index in [1.54, 1.807) is 0 Å². The molecular weight excluding hydrogens is 212 g/mol. The average Bonchev–Trinajstić information content (AvgIpc) is 2.76. The fourth-order valence-electron chi connectivity index (χ4n) is 2.97. The van der Waals surface area contributed by atoms with Crippen molar-refractivity contribution in [1.82, 2.24) is 20.1 Å². The van der Waals surface area contributed by atoms with Crippen LogP contribution in [0.2, 0.25) is 0 Å². The normalized spacial score (nSPS) is 29.5. The second-order valence-corrected chi connectivity index (χ2v) is 5.33. The first-order valence-electron chi connectivity index (χ1n) is 6.82. The third kappa shape index (κ3) is 2.86. The van der Waals surface area contributed by atoms with Crippen molar-refractivity contribution in [3.63, 3.8) is 0 Å². The number of nitrogens with zero attached hydrogens (tertiary/aromatic N) is 3. The monoisotopic (exact) mass is 236 g/mol. The number of hydrogen-bond donors (Lipinski definition) is 1. The van der Waals surface area contributed by atoms with Gasteiger partial charge in [-0.25, -0.2) is 0 Å². The number of rotatable bonds is 4. The van der Waals surface area contributed by atoms with Crippen LogP contribution in [0.15, 0.2) is 6.33 Å². The van der Waals surface area contributed by atoms with Gasteiger partial charge in [-0.1, -0.05) is 20.3 Å². The number of aromatic nitrogens is 3. The molecule has 0 aromatic carbocycles. The molecule has 4 nitrogen and oxygen atoms in total. The lowest BCUT2D eigenvalue weighted by Crippen LogP contribution is -2.42. The second-order valence-electron chi connectivity index (χ2n) is 5.33. The molecule has 1 saturated carbocycles. The Morgan fingerprint density at radius 1 is 1.35 bits per heavy atom. The van der Waals surface area contributed by atoms with Gasteiger partial charge in [-0.15, -0.1) is 10.2 Å². The van der Waals surface area contributed by atoms with Crippen LogP contribution >= 0.6 is 0 Å². The first kappa shape index (κ1) is 12.6. The standard InChI is InChI=1S/C13H24N4/c1-4-17-9-15-16-12(17)8-14-13-10(2)6-5-7-11(13)3/h9-11,13-14H,4-8H2,1-3H3. The Hall–Kier alpha value is -0.900. The molecule has 96 valence electrons. The van der Waals surface area contributed by atoms with Crippen LogP contribution in [0.1, 0.15) is 45.9 Å². The van der Waals surface area contributed by atoms with Crippen molar-refractivity contribution in [3.8, 4) is 0 Å². The average molecular weight is 236 g/mol. The minimum atomic E-state index is 0.630. The van der Waals surface area contributed by atoms with Gasteiger partial charge >= 0.3 is 0 Å². The molecule has 1 aromatic heterocycles. The molecule has 1 aliphatic carbocycles. The molecule has 1 aromatic rings. The highest BCUT2D eigenvalue weighted by Gasteiger charge is 2.27. The van der Waals surface area contributed by atoms with Crippen molar-refractivity contribution in [2.75, 3.05) is 0 Å². The number of hydrogen-bond acceptors (Lipinski definition) is 3. The predicted octanol–water partition coefficient (Wildman–Crippen LogP) is 2.21. The van der Waals surface area contributed by atoms with Gasteiger partial charge in [-0.2, -0.15) is 0 Å². The molecule has 1 N–H and O–H groups in total. The lowest BCUT2D eigenvalue weighted by molar-refractivity contribution is 0.206. The van der Waals surface area contributed by atoms with Gasteiger partial charge in [-0.05, 0) is 31.6 Å². The third-order valence-electron chi connectivity index (χ3n) is 4.08. The van der Waals surface area contributed by atoms with E-state index < -0.39 is 0 Å². The van der Waals surface area contributed by atoms with E-state index in [9.17, 15) is 0 Å². The number of nitrogens with one attached hydrogen (secondary N) is 1. The zero-order valence-electron chi connectivity index (χ0n) is 11.2. The Kier molecular flexibility index (Phi) is 4.15. The van der Waals surface area contributed by atoms with Crippen LogP contribution in [0, 0.1) is 11.8 Å². The van der Waals surface area contributed by atoms with E-state index in [4.69, 9.17) is 0 Å². The molecule has 2 unspecified atom stereocenters. The van der Waals surface area contributed by atoms with Crippen LogP contribution in [0.5, 0.6) is 0 Å². The molecule has 0 radical (unpaired) electrons. The maximum absolute atomic E-state index is 4.17. The zero-order chi connectivity index (χ0) is 12.3. The maximum atomic E-state index is 4.17. The van der Waals surface area contributed by atoms with Gasteiger partial charge in [-0.3, -0.25) is 0 Å². The van der Waals surface area contributed by atoms with Gasteiger partial charge in [0.05, 0.1) is 6.54 Å². The van der Waals surface area contributed by atoms with Crippen LogP contribution in [0.25, 0.3) is 0 Å². The highest BCUT2D eigenvalue weighted by Crippen LogP contribution is 2.28. The van der Waals surface area contributed by atoms with E-state index in [1.165, 1.54) is 19.3 Å². The third-order valence-corrected chi connectivity index (χ3v) is 4.08. The van der Waals surface area contributed by atoms with Crippen molar-refractivity contribution in [1.29, 1.82) is 0 Å². The largest absolute Gasteiger partial charge is 0.317 e. The van der Waals surface area contributed by atoms with Gasteiger partial charge in [0.15, 0.2) is 0 Å². The van der Waals surface area contributed by atoms with Crippen LogP contribution < -0.4 is 5.32 Å². The van der Waals surface area contributed by atoms with E-state index >= 15 is 0 Å². The molecule has 1 aliphatic rings. The molecule has 4 heteroatoms. The maximum Gasteiger partial charge on any atom is 0.146 e. The Morgan fingerprint density at radius 3 is 2.71 bits per heavy atom. The minimum Gasteiger partial charge on any atom is -0.317 e. The van der Waals surface area contributed by atoms with Crippen molar-refractivity contribution >= 4 is 0 Å². The van der Waals surface area contributed by atoms with Gasteiger partial charge in [0.25, 0.3) is 0 Å². The minimum absolute atomic E-state index is 0.630. The van der Waals surface area contributed by atoms with E-state index in [0.717, 1.165) is 30.7 Å². The summed E-state index contributed by atoms with van der Waals surface area (Å²) in [5.41, 5.74) is 0. The summed E-state index contributed by atoms with van der Waals surface area (Å²) >= 11 is 0. The van der Waals surface area contributed by atoms with Crippen molar-refractivity contribution in [3.05, 3.63) is 12.2 Å². The summed E-state index contributed by atoms with van der Waals surface area (Å²) < 4.78 is 2.10. The summed E-state index contributed by atoms with van der Waals surface area (Å²) in [6, 6.07) is 0.630. The van der Waals surface area contributed by atoms with Crippen molar-refractivity contribution in [2.45, 2.75) is 59.2 Å². The fraction of sp³-hybridized carbons (Fsp3) is 0.846. The Labute approximate surface area is 104 Å². The zero-order valence-corrected chi connectivity index (χ0v) is 11.2. The van der Waals surface area contributed by atoms with Crippen LogP contribution in [0.3, 0.4) is 0 Å². The SMILES string of the molecule is CCn1cnnc1CNC1C(C)CCCC1C. The van der Waals surface area contributed by atoms with Crippen LogP contribution in [-0.2, 0) is 13.1 Å². The van der Waals surface area contributed by atoms with Crippen molar-refractivity contribution < 1.29 is 0 Å². The molecule has 0 aliphatic heterocycles. The Morgan fingerprint density at radius 2 is 2.06 bits per heavy atom. The van der Waals surface area contributed by atoms with E-state index in [2.05, 4.69) is 40.9 Å². The summed E-state index contributed by atoms with van der Waals surface area (Å²) in [6.07, 6.45) is 5.89. The smallest absolute Gasteiger partial charge is 0.146 e. The topological polar surface area (TPSA) is 42.7 Å². The summed E-state index contributed by atoms with van der Waals surface area (Å²) in [4.78, 5) is 0. The molecule has 2 atom stereocenters. The fourth-order valence-corrected chi connectivity index (χ4v) is 2.97. The summed E-state index contributed by atoms with van der Waals surface area (Å²) in [5.74, 6) is 2.60. The van der Waals surface area contributed by atoms with Crippen LogP contribution in [0.4, 0.5) is 0 Å². The van der Waals surface area contributed by atoms with E-state index in [-0.39, 0.29) is 0 Å². The Balaban J connectivity index is 1.92. The highest BCUT2D eigenvalue weighted by atomic mass is 15.3. The van der Waals surface area contributed by atoms with Gasteiger partial charge in [0.2, 0.25) is 0 Å². The molecule has 0 spiro atoms. The summed E-state index contributed by atoms with van der Waals surface area (Å²) in [6.45, 7) is 8.63. The summed E-state index contributed by atoms with van der Waals surface area (Å²) in [5, 5.41) is 11.8.